The number of benzene rings is 2. The molecular weight excluding hydrogens is 384 g/mol. The Kier molecular flexibility index (Phi) is 9.31. The molecule has 6 nitrogen and oxygen atoms in total. The molecule has 0 spiro atoms. The molecule has 2 rings (SSSR count). The highest BCUT2D eigenvalue weighted by atomic mass is 16.5. The summed E-state index contributed by atoms with van der Waals surface area (Å²) < 4.78 is 15.5. The average molecular weight is 410 g/mol. The third-order valence-electron chi connectivity index (χ3n) is 4.00. The van der Waals surface area contributed by atoms with Crippen LogP contribution in [0.15, 0.2) is 54.6 Å². The zero-order chi connectivity index (χ0) is 21.8. The van der Waals surface area contributed by atoms with Gasteiger partial charge in [0.15, 0.2) is 0 Å². The van der Waals surface area contributed by atoms with Crippen LogP contribution >= 0.6 is 0 Å². The molecule has 6 heteroatoms. The van der Waals surface area contributed by atoms with E-state index in [9.17, 15) is 14.4 Å². The van der Waals surface area contributed by atoms with Crippen LogP contribution in [-0.2, 0) is 14.3 Å². The van der Waals surface area contributed by atoms with Crippen molar-refractivity contribution in [2.45, 2.75) is 39.5 Å². The molecule has 0 N–H and O–H groups in total. The van der Waals surface area contributed by atoms with E-state index in [4.69, 9.17) is 14.2 Å². The quantitative estimate of drug-likeness (QED) is 0.313. The van der Waals surface area contributed by atoms with Crippen molar-refractivity contribution in [3.63, 3.8) is 0 Å². The van der Waals surface area contributed by atoms with Crippen molar-refractivity contribution in [1.82, 2.24) is 0 Å². The molecule has 0 atom stereocenters. The lowest BCUT2D eigenvalue weighted by molar-refractivity contribution is -0.134. The van der Waals surface area contributed by atoms with E-state index in [1.54, 1.807) is 54.6 Å². The van der Waals surface area contributed by atoms with Crippen LogP contribution in [0.25, 0.3) is 6.08 Å². The Morgan fingerprint density at radius 1 is 0.833 bits per heavy atom. The first-order valence-corrected chi connectivity index (χ1v) is 9.99. The van der Waals surface area contributed by atoms with Crippen molar-refractivity contribution in [3.05, 3.63) is 65.7 Å². The summed E-state index contributed by atoms with van der Waals surface area (Å²) in [4.78, 5) is 35.4. The van der Waals surface area contributed by atoms with E-state index in [1.807, 2.05) is 13.8 Å². The molecule has 30 heavy (non-hydrogen) atoms. The van der Waals surface area contributed by atoms with E-state index in [0.717, 1.165) is 24.8 Å². The number of unbranched alkanes of at least 4 members (excludes halogenated alkanes) is 1. The van der Waals surface area contributed by atoms with Gasteiger partial charge in [-0.1, -0.05) is 32.4 Å². The molecule has 0 saturated carbocycles. The molecule has 2 aromatic carbocycles. The Balaban J connectivity index is 1.85. The fourth-order valence-corrected chi connectivity index (χ4v) is 2.40. The molecule has 0 amide bonds. The van der Waals surface area contributed by atoms with E-state index in [2.05, 4.69) is 0 Å². The van der Waals surface area contributed by atoms with Gasteiger partial charge >= 0.3 is 17.9 Å². The summed E-state index contributed by atoms with van der Waals surface area (Å²) in [6.07, 6.45) is 5.73. The Bertz CT molecular complexity index is 866. The van der Waals surface area contributed by atoms with Gasteiger partial charge in [0.2, 0.25) is 0 Å². The number of carbonyl (C=O) groups excluding carboxylic acids is 3. The van der Waals surface area contributed by atoms with Gasteiger partial charge in [0.25, 0.3) is 0 Å². The Hall–Kier alpha value is -3.41. The summed E-state index contributed by atoms with van der Waals surface area (Å²) in [6.45, 7) is 4.32. The molecule has 0 aliphatic carbocycles. The van der Waals surface area contributed by atoms with Gasteiger partial charge in [0.05, 0.1) is 12.2 Å². The molecule has 0 aromatic heterocycles. The summed E-state index contributed by atoms with van der Waals surface area (Å²) in [5.41, 5.74) is 1.20. The van der Waals surface area contributed by atoms with Gasteiger partial charge in [0, 0.05) is 12.5 Å². The maximum Gasteiger partial charge on any atom is 0.338 e. The minimum Gasteiger partial charge on any atom is -0.462 e. The predicted octanol–water partition coefficient (Wildman–Crippen LogP) is 4.97. The number of hydrogen-bond donors (Lipinski definition) is 0. The summed E-state index contributed by atoms with van der Waals surface area (Å²) in [5, 5.41) is 0. The second-order valence-corrected chi connectivity index (χ2v) is 6.56. The van der Waals surface area contributed by atoms with E-state index in [1.165, 1.54) is 6.08 Å². The minimum atomic E-state index is -0.547. The van der Waals surface area contributed by atoms with Gasteiger partial charge in [-0.05, 0) is 60.9 Å². The van der Waals surface area contributed by atoms with Crippen molar-refractivity contribution >= 4 is 24.0 Å². The predicted molar refractivity (Wildman–Crippen MR) is 113 cm³/mol. The standard InChI is InChI=1S/C24H26O6/c1-3-5-6-22(25)29-20-12-14-21(15-13-20)30-23(26)16-9-18-7-10-19(11-8-18)24(27)28-17-4-2/h7-16H,3-6,17H2,1-2H3. The molecule has 0 saturated heterocycles. The monoisotopic (exact) mass is 410 g/mol. The molecule has 158 valence electrons. The highest BCUT2D eigenvalue weighted by molar-refractivity contribution is 5.91. The summed E-state index contributed by atoms with van der Waals surface area (Å²) >= 11 is 0. The Labute approximate surface area is 176 Å². The first-order chi connectivity index (χ1) is 14.5. The van der Waals surface area contributed by atoms with E-state index >= 15 is 0 Å². The zero-order valence-corrected chi connectivity index (χ0v) is 17.3. The van der Waals surface area contributed by atoms with Gasteiger partial charge in [-0.25, -0.2) is 9.59 Å². The van der Waals surface area contributed by atoms with Crippen LogP contribution in [0.4, 0.5) is 0 Å². The maximum atomic E-state index is 12.0. The van der Waals surface area contributed by atoms with Crippen LogP contribution in [0.1, 0.15) is 55.5 Å². The summed E-state index contributed by atoms with van der Waals surface area (Å²) in [7, 11) is 0. The Morgan fingerprint density at radius 3 is 2.07 bits per heavy atom. The van der Waals surface area contributed by atoms with Crippen molar-refractivity contribution in [2.75, 3.05) is 6.61 Å². The van der Waals surface area contributed by atoms with Gasteiger partial charge in [0.1, 0.15) is 11.5 Å². The third kappa shape index (κ3) is 7.91. The summed E-state index contributed by atoms with van der Waals surface area (Å²) in [5.74, 6) is -0.453. The van der Waals surface area contributed by atoms with E-state index < -0.39 is 5.97 Å². The van der Waals surface area contributed by atoms with E-state index in [-0.39, 0.29) is 11.9 Å². The van der Waals surface area contributed by atoms with Crippen molar-refractivity contribution in [3.8, 4) is 11.5 Å². The molecule has 2 aromatic rings. The largest absolute Gasteiger partial charge is 0.462 e. The molecule has 0 aliphatic rings. The van der Waals surface area contributed by atoms with Crippen LogP contribution in [0.3, 0.4) is 0 Å². The SMILES string of the molecule is CCCCC(=O)Oc1ccc(OC(=O)C=Cc2ccc(C(=O)OCCC)cc2)cc1. The van der Waals surface area contributed by atoms with Crippen LogP contribution in [0.2, 0.25) is 0 Å². The maximum absolute atomic E-state index is 12.0. The summed E-state index contributed by atoms with van der Waals surface area (Å²) in [6, 6.07) is 13.0. The first kappa shape index (κ1) is 22.9. The van der Waals surface area contributed by atoms with E-state index in [0.29, 0.717) is 30.1 Å². The number of rotatable bonds is 10. The van der Waals surface area contributed by atoms with Crippen molar-refractivity contribution in [1.29, 1.82) is 0 Å². The average Bonchev–Trinajstić information content (AvgIpc) is 2.76. The van der Waals surface area contributed by atoms with Crippen LogP contribution < -0.4 is 9.47 Å². The first-order valence-electron chi connectivity index (χ1n) is 9.99. The minimum absolute atomic E-state index is 0.283. The highest BCUT2D eigenvalue weighted by Crippen LogP contribution is 2.19. The van der Waals surface area contributed by atoms with Crippen molar-refractivity contribution < 1.29 is 28.6 Å². The lowest BCUT2D eigenvalue weighted by atomic mass is 10.1. The lowest BCUT2D eigenvalue weighted by Gasteiger charge is -2.05. The molecular formula is C24H26O6. The topological polar surface area (TPSA) is 78.9 Å². The zero-order valence-electron chi connectivity index (χ0n) is 17.3. The number of carbonyl (C=O) groups is 3. The molecule has 0 heterocycles. The highest BCUT2D eigenvalue weighted by Gasteiger charge is 2.07. The van der Waals surface area contributed by atoms with Gasteiger partial charge in [-0.2, -0.15) is 0 Å². The molecule has 0 fully saturated rings. The second kappa shape index (κ2) is 12.2. The fraction of sp³-hybridized carbons (Fsp3) is 0.292. The molecule has 0 unspecified atom stereocenters. The Morgan fingerprint density at radius 2 is 1.47 bits per heavy atom. The number of hydrogen-bond acceptors (Lipinski definition) is 6. The van der Waals surface area contributed by atoms with Gasteiger partial charge in [-0.3, -0.25) is 4.79 Å². The lowest BCUT2D eigenvalue weighted by Crippen LogP contribution is -2.07. The normalized spacial score (nSPS) is 10.6. The fourth-order valence-electron chi connectivity index (χ4n) is 2.40. The number of ether oxygens (including phenoxy) is 3. The molecule has 0 radical (unpaired) electrons. The molecule has 0 bridgehead atoms. The van der Waals surface area contributed by atoms with Gasteiger partial charge < -0.3 is 14.2 Å². The third-order valence-corrected chi connectivity index (χ3v) is 4.00. The van der Waals surface area contributed by atoms with Crippen molar-refractivity contribution in [2.24, 2.45) is 0 Å². The second-order valence-electron chi connectivity index (χ2n) is 6.56. The van der Waals surface area contributed by atoms with Crippen LogP contribution in [0.5, 0.6) is 11.5 Å². The molecule has 0 aliphatic heterocycles. The van der Waals surface area contributed by atoms with Gasteiger partial charge in [-0.15, -0.1) is 0 Å². The van der Waals surface area contributed by atoms with Crippen LogP contribution in [-0.4, -0.2) is 24.5 Å². The number of esters is 3. The van der Waals surface area contributed by atoms with Crippen LogP contribution in [0, 0.1) is 0 Å². The smallest absolute Gasteiger partial charge is 0.338 e.